The Morgan fingerprint density at radius 2 is 2.26 bits per heavy atom. The number of hydrogen-bond donors (Lipinski definition) is 1. The molecule has 0 bridgehead atoms. The summed E-state index contributed by atoms with van der Waals surface area (Å²) in [6, 6.07) is 1.93. The second-order valence-electron chi connectivity index (χ2n) is 5.89. The van der Waals surface area contributed by atoms with Crippen molar-refractivity contribution in [1.82, 2.24) is 24.5 Å². The highest BCUT2D eigenvalue weighted by molar-refractivity contribution is 6.30. The molecule has 1 saturated heterocycles. The molecule has 0 unspecified atom stereocenters. The number of hydrogen-bond acceptors (Lipinski definition) is 4. The molecule has 8 heteroatoms. The van der Waals surface area contributed by atoms with Gasteiger partial charge in [0.2, 0.25) is 0 Å². The average molecular weight is 338 g/mol. The molecule has 23 heavy (non-hydrogen) atoms. The van der Waals surface area contributed by atoms with Crippen molar-refractivity contribution >= 4 is 17.6 Å². The van der Waals surface area contributed by atoms with Crippen molar-refractivity contribution in [1.29, 1.82) is 0 Å². The molecule has 2 aromatic heterocycles. The molecule has 0 saturated carbocycles. The third kappa shape index (κ3) is 4.33. The fraction of sp³-hybridized carbons (Fsp3) is 0.533. The molecule has 3 heterocycles. The Morgan fingerprint density at radius 3 is 3.00 bits per heavy atom. The highest BCUT2D eigenvalue weighted by Crippen LogP contribution is 2.25. The van der Waals surface area contributed by atoms with Crippen molar-refractivity contribution in [2.24, 2.45) is 0 Å². The zero-order valence-corrected chi connectivity index (χ0v) is 13.6. The van der Waals surface area contributed by atoms with Gasteiger partial charge < -0.3 is 10.0 Å². The van der Waals surface area contributed by atoms with Crippen molar-refractivity contribution < 1.29 is 9.90 Å². The van der Waals surface area contributed by atoms with Crippen LogP contribution in [0.2, 0.25) is 5.02 Å². The number of carboxylic acid groups (broad SMARTS) is 1. The van der Waals surface area contributed by atoms with Crippen LogP contribution in [0.5, 0.6) is 0 Å². The molecular formula is C15H20ClN5O2. The summed E-state index contributed by atoms with van der Waals surface area (Å²) in [5.74, 6) is -0.511. The number of aromatic nitrogens is 4. The zero-order valence-electron chi connectivity index (χ0n) is 12.8. The van der Waals surface area contributed by atoms with Gasteiger partial charge in [-0.3, -0.25) is 14.2 Å². The summed E-state index contributed by atoms with van der Waals surface area (Å²) in [5, 5.41) is 18.1. The maximum Gasteiger partial charge on any atom is 0.325 e. The number of halogens is 1. The number of piperidine rings is 1. The monoisotopic (exact) mass is 337 g/mol. The lowest BCUT2D eigenvalue weighted by atomic mass is 9.95. The number of carboxylic acids is 1. The molecule has 0 radical (unpaired) electrons. The SMILES string of the molecule is O=C(O)Cn1ccc([C@@H]2CCCN(CCn3cc(Cl)cn3)C2)n1. The average Bonchev–Trinajstić information content (AvgIpc) is 3.14. The summed E-state index contributed by atoms with van der Waals surface area (Å²) >= 11 is 5.87. The topological polar surface area (TPSA) is 76.2 Å². The van der Waals surface area contributed by atoms with Crippen molar-refractivity contribution in [3.63, 3.8) is 0 Å². The van der Waals surface area contributed by atoms with Crippen LogP contribution in [-0.4, -0.2) is 55.2 Å². The quantitative estimate of drug-likeness (QED) is 0.868. The first-order valence-electron chi connectivity index (χ1n) is 7.75. The molecule has 3 rings (SSSR count). The maximum absolute atomic E-state index is 10.7. The van der Waals surface area contributed by atoms with Gasteiger partial charge in [0.25, 0.3) is 0 Å². The smallest absolute Gasteiger partial charge is 0.325 e. The van der Waals surface area contributed by atoms with Crippen molar-refractivity contribution in [3.8, 4) is 0 Å². The highest BCUT2D eigenvalue weighted by atomic mass is 35.5. The summed E-state index contributed by atoms with van der Waals surface area (Å²) in [7, 11) is 0. The molecule has 124 valence electrons. The normalized spacial score (nSPS) is 19.1. The Kier molecular flexibility index (Phi) is 4.97. The fourth-order valence-electron chi connectivity index (χ4n) is 3.03. The van der Waals surface area contributed by atoms with Gasteiger partial charge in [0.1, 0.15) is 6.54 Å². The van der Waals surface area contributed by atoms with Crippen LogP contribution < -0.4 is 0 Å². The summed E-state index contributed by atoms with van der Waals surface area (Å²) < 4.78 is 3.34. The van der Waals surface area contributed by atoms with Gasteiger partial charge in [0, 0.05) is 31.4 Å². The van der Waals surface area contributed by atoms with Gasteiger partial charge in [-0.15, -0.1) is 0 Å². The third-order valence-corrected chi connectivity index (χ3v) is 4.32. The first-order valence-corrected chi connectivity index (χ1v) is 8.13. The zero-order chi connectivity index (χ0) is 16.2. The van der Waals surface area contributed by atoms with E-state index in [1.165, 1.54) is 4.68 Å². The molecule has 0 amide bonds. The molecule has 1 aliphatic rings. The minimum Gasteiger partial charge on any atom is -0.480 e. The summed E-state index contributed by atoms with van der Waals surface area (Å²) in [6.45, 7) is 3.66. The van der Waals surface area contributed by atoms with E-state index in [4.69, 9.17) is 16.7 Å². The standard InChI is InChI=1S/C15H20ClN5O2/c16-13-8-17-20(10-13)7-6-19-4-1-2-12(9-19)14-3-5-21(18-14)11-15(22)23/h3,5,8,10,12H,1-2,4,6-7,9,11H2,(H,22,23)/t12-/m1/s1. The van der Waals surface area contributed by atoms with E-state index >= 15 is 0 Å². The molecule has 1 aliphatic heterocycles. The van der Waals surface area contributed by atoms with Crippen LogP contribution in [0.3, 0.4) is 0 Å². The predicted molar refractivity (Wildman–Crippen MR) is 85.5 cm³/mol. The second kappa shape index (κ2) is 7.14. The number of rotatable bonds is 6. The van der Waals surface area contributed by atoms with Crippen LogP contribution in [0.1, 0.15) is 24.5 Å². The van der Waals surface area contributed by atoms with Crippen LogP contribution in [0.15, 0.2) is 24.7 Å². The predicted octanol–water partition coefficient (Wildman–Crippen LogP) is 1.70. The summed E-state index contributed by atoms with van der Waals surface area (Å²) in [4.78, 5) is 13.1. The largest absolute Gasteiger partial charge is 0.480 e. The van der Waals surface area contributed by atoms with Gasteiger partial charge in [-0.25, -0.2) is 0 Å². The molecule has 1 N–H and O–H groups in total. The van der Waals surface area contributed by atoms with E-state index in [-0.39, 0.29) is 6.54 Å². The van der Waals surface area contributed by atoms with Gasteiger partial charge in [0.05, 0.1) is 23.5 Å². The van der Waals surface area contributed by atoms with E-state index in [1.54, 1.807) is 12.4 Å². The van der Waals surface area contributed by atoms with Crippen molar-refractivity contribution in [2.75, 3.05) is 19.6 Å². The molecule has 0 aliphatic carbocycles. The summed E-state index contributed by atoms with van der Waals surface area (Å²) in [5.41, 5.74) is 0.984. The van der Waals surface area contributed by atoms with Crippen LogP contribution in [0.4, 0.5) is 0 Å². The maximum atomic E-state index is 10.7. The molecule has 2 aromatic rings. The van der Waals surface area contributed by atoms with Gasteiger partial charge in [-0.05, 0) is 25.5 Å². The fourth-order valence-corrected chi connectivity index (χ4v) is 3.18. The minimum atomic E-state index is -0.872. The van der Waals surface area contributed by atoms with E-state index < -0.39 is 5.97 Å². The van der Waals surface area contributed by atoms with Crippen LogP contribution >= 0.6 is 11.6 Å². The Hall–Kier alpha value is -1.86. The van der Waals surface area contributed by atoms with Crippen molar-refractivity contribution in [2.45, 2.75) is 31.8 Å². The first kappa shape index (κ1) is 16.0. The Labute approximate surface area is 139 Å². The van der Waals surface area contributed by atoms with Crippen LogP contribution in [-0.2, 0) is 17.9 Å². The van der Waals surface area contributed by atoms with Crippen LogP contribution in [0, 0.1) is 0 Å². The van der Waals surface area contributed by atoms with E-state index in [0.29, 0.717) is 10.9 Å². The summed E-state index contributed by atoms with van der Waals surface area (Å²) in [6.07, 6.45) is 7.44. The molecule has 7 nitrogen and oxygen atoms in total. The molecule has 0 spiro atoms. The molecular weight excluding hydrogens is 318 g/mol. The van der Waals surface area contributed by atoms with E-state index in [2.05, 4.69) is 15.1 Å². The second-order valence-corrected chi connectivity index (χ2v) is 6.33. The van der Waals surface area contributed by atoms with Crippen LogP contribution in [0.25, 0.3) is 0 Å². The number of nitrogens with zero attached hydrogens (tertiary/aromatic N) is 5. The first-order chi connectivity index (χ1) is 11.1. The van der Waals surface area contributed by atoms with Gasteiger partial charge in [-0.1, -0.05) is 11.6 Å². The Morgan fingerprint density at radius 1 is 1.39 bits per heavy atom. The number of likely N-dealkylation sites (tertiary alicyclic amines) is 1. The lowest BCUT2D eigenvalue weighted by molar-refractivity contribution is -0.137. The van der Waals surface area contributed by atoms with Gasteiger partial charge in [-0.2, -0.15) is 10.2 Å². The van der Waals surface area contributed by atoms with E-state index in [0.717, 1.165) is 44.7 Å². The highest BCUT2D eigenvalue weighted by Gasteiger charge is 2.23. The molecule has 1 fully saturated rings. The lowest BCUT2D eigenvalue weighted by Crippen LogP contribution is -2.36. The molecule has 1 atom stereocenters. The van der Waals surface area contributed by atoms with E-state index in [9.17, 15) is 4.79 Å². The third-order valence-electron chi connectivity index (χ3n) is 4.13. The molecule has 0 aromatic carbocycles. The number of carbonyl (C=O) groups is 1. The van der Waals surface area contributed by atoms with Gasteiger partial charge >= 0.3 is 5.97 Å². The number of aliphatic carboxylic acids is 1. The Bertz CT molecular complexity index is 668. The Balaban J connectivity index is 1.55. The lowest BCUT2D eigenvalue weighted by Gasteiger charge is -2.31. The van der Waals surface area contributed by atoms with Crippen molar-refractivity contribution in [3.05, 3.63) is 35.4 Å². The van der Waals surface area contributed by atoms with Gasteiger partial charge in [0.15, 0.2) is 0 Å². The minimum absolute atomic E-state index is 0.0868. The van der Waals surface area contributed by atoms with E-state index in [1.807, 2.05) is 16.9 Å².